The lowest BCUT2D eigenvalue weighted by atomic mass is 10.0. The average molecular weight is 473 g/mol. The summed E-state index contributed by atoms with van der Waals surface area (Å²) in [6, 6.07) is 18.2. The van der Waals surface area contributed by atoms with Crippen molar-refractivity contribution in [2.45, 2.75) is 29.7 Å². The van der Waals surface area contributed by atoms with Gasteiger partial charge in [-0.05, 0) is 78.6 Å². The van der Waals surface area contributed by atoms with Crippen LogP contribution in [0.2, 0.25) is 0 Å². The first-order valence-electron chi connectivity index (χ1n) is 10.0. The molecule has 1 aliphatic heterocycles. The van der Waals surface area contributed by atoms with Gasteiger partial charge in [0.2, 0.25) is 10.0 Å². The van der Waals surface area contributed by atoms with Gasteiger partial charge in [-0.3, -0.25) is 4.72 Å². The zero-order valence-electron chi connectivity index (χ0n) is 17.8. The second kappa shape index (κ2) is 8.57. The number of ether oxygens (including phenoxy) is 1. The number of sulfonamides is 2. The Balaban J connectivity index is 1.57. The number of nitrogens with one attached hydrogen (secondary N) is 1. The molecular formula is C23H24N2O5S2. The third-order valence-corrected chi connectivity index (χ3v) is 8.67. The third-order valence-electron chi connectivity index (χ3n) is 5.43. The molecule has 0 aliphatic carbocycles. The molecule has 1 heterocycles. The largest absolute Gasteiger partial charge is 0.497 e. The second-order valence-electron chi connectivity index (χ2n) is 7.67. The maximum absolute atomic E-state index is 13.1. The minimum absolute atomic E-state index is 0.170. The first-order valence-corrected chi connectivity index (χ1v) is 13.0. The molecule has 0 amide bonds. The van der Waals surface area contributed by atoms with E-state index in [1.807, 2.05) is 19.1 Å². The van der Waals surface area contributed by atoms with Crippen LogP contribution in [-0.2, 0) is 33.0 Å². The molecule has 0 spiro atoms. The number of hydrogen-bond donors (Lipinski definition) is 1. The van der Waals surface area contributed by atoms with E-state index in [1.54, 1.807) is 36.4 Å². The van der Waals surface area contributed by atoms with Crippen molar-refractivity contribution in [3.8, 4) is 5.75 Å². The Morgan fingerprint density at radius 3 is 2.31 bits per heavy atom. The van der Waals surface area contributed by atoms with Crippen LogP contribution in [0.3, 0.4) is 0 Å². The fourth-order valence-corrected chi connectivity index (χ4v) is 6.27. The lowest BCUT2D eigenvalue weighted by Gasteiger charge is -2.28. The van der Waals surface area contributed by atoms with Crippen molar-refractivity contribution in [3.05, 3.63) is 83.4 Å². The Morgan fingerprint density at radius 1 is 0.875 bits per heavy atom. The molecule has 0 unspecified atom stereocenters. The predicted molar refractivity (Wildman–Crippen MR) is 123 cm³/mol. The summed E-state index contributed by atoms with van der Waals surface area (Å²) in [7, 11) is -5.91. The van der Waals surface area contributed by atoms with Crippen molar-refractivity contribution in [3.63, 3.8) is 0 Å². The van der Waals surface area contributed by atoms with Crippen molar-refractivity contribution in [2.75, 3.05) is 18.4 Å². The van der Waals surface area contributed by atoms with Crippen LogP contribution < -0.4 is 9.46 Å². The van der Waals surface area contributed by atoms with Gasteiger partial charge in [0, 0.05) is 18.8 Å². The second-order valence-corrected chi connectivity index (χ2v) is 11.3. The number of nitrogens with zero attached hydrogens (tertiary/aromatic N) is 1. The van der Waals surface area contributed by atoms with Gasteiger partial charge in [0.05, 0.1) is 16.9 Å². The van der Waals surface area contributed by atoms with E-state index in [0.717, 1.165) is 16.7 Å². The summed E-state index contributed by atoms with van der Waals surface area (Å²) in [5, 5.41) is 0. The minimum atomic E-state index is -3.75. The number of methoxy groups -OCH3 is 1. The SMILES string of the molecule is COc1ccc(S(=O)(=O)N2CCc3ccc(NS(=O)(=O)c4cccc(C)c4)cc3C2)cc1. The molecule has 9 heteroatoms. The van der Waals surface area contributed by atoms with Gasteiger partial charge in [0.25, 0.3) is 10.0 Å². The van der Waals surface area contributed by atoms with Crippen molar-refractivity contribution >= 4 is 25.7 Å². The van der Waals surface area contributed by atoms with E-state index >= 15 is 0 Å². The lowest BCUT2D eigenvalue weighted by molar-refractivity contribution is 0.391. The molecule has 0 fully saturated rings. The first kappa shape index (κ1) is 22.3. The molecule has 0 saturated carbocycles. The highest BCUT2D eigenvalue weighted by Gasteiger charge is 2.28. The minimum Gasteiger partial charge on any atom is -0.497 e. The predicted octanol–water partition coefficient (Wildman–Crippen LogP) is 3.55. The number of aryl methyl sites for hydroxylation is 1. The summed E-state index contributed by atoms with van der Waals surface area (Å²) in [6.07, 6.45) is 0.551. The van der Waals surface area contributed by atoms with E-state index in [2.05, 4.69) is 4.72 Å². The van der Waals surface area contributed by atoms with Crippen molar-refractivity contribution in [1.82, 2.24) is 4.31 Å². The summed E-state index contributed by atoms with van der Waals surface area (Å²) >= 11 is 0. The van der Waals surface area contributed by atoms with Crippen LogP contribution in [0, 0.1) is 6.92 Å². The number of anilines is 1. The van der Waals surface area contributed by atoms with Gasteiger partial charge in [-0.15, -0.1) is 0 Å². The van der Waals surface area contributed by atoms with Gasteiger partial charge in [-0.1, -0.05) is 18.2 Å². The van der Waals surface area contributed by atoms with E-state index in [1.165, 1.54) is 29.6 Å². The van der Waals surface area contributed by atoms with Crippen molar-refractivity contribution in [2.24, 2.45) is 0 Å². The fourth-order valence-electron chi connectivity index (χ4n) is 3.69. The molecule has 0 radical (unpaired) electrons. The van der Waals surface area contributed by atoms with Crippen molar-refractivity contribution < 1.29 is 21.6 Å². The van der Waals surface area contributed by atoms with Crippen LogP contribution >= 0.6 is 0 Å². The highest BCUT2D eigenvalue weighted by molar-refractivity contribution is 7.92. The Kier molecular flexibility index (Phi) is 5.98. The maximum Gasteiger partial charge on any atom is 0.261 e. The number of benzene rings is 3. The molecule has 0 aromatic heterocycles. The van der Waals surface area contributed by atoms with Gasteiger partial charge in [0.1, 0.15) is 5.75 Å². The van der Waals surface area contributed by atoms with Crippen molar-refractivity contribution in [1.29, 1.82) is 0 Å². The van der Waals surface area contributed by atoms with Crippen LogP contribution in [0.5, 0.6) is 5.75 Å². The average Bonchev–Trinajstić information content (AvgIpc) is 2.78. The standard InChI is InChI=1S/C23H24N2O5S2/c1-17-4-3-5-23(14-17)31(26,27)24-20-7-6-18-12-13-25(16-19(18)15-20)32(28,29)22-10-8-21(30-2)9-11-22/h3-11,14-15,24H,12-13,16H2,1-2H3. The Bertz CT molecular complexity index is 1350. The summed E-state index contributed by atoms with van der Waals surface area (Å²) in [5.41, 5.74) is 3.02. The van der Waals surface area contributed by atoms with Gasteiger partial charge in [-0.25, -0.2) is 16.8 Å². The molecule has 32 heavy (non-hydrogen) atoms. The molecule has 0 bridgehead atoms. The fraction of sp³-hybridized carbons (Fsp3) is 0.217. The lowest BCUT2D eigenvalue weighted by Crippen LogP contribution is -2.36. The molecule has 3 aromatic carbocycles. The summed E-state index contributed by atoms with van der Waals surface area (Å²) in [5.74, 6) is 0.582. The Morgan fingerprint density at radius 2 is 1.62 bits per heavy atom. The summed E-state index contributed by atoms with van der Waals surface area (Å²) in [4.78, 5) is 0.372. The molecule has 1 aliphatic rings. The van der Waals surface area contributed by atoms with Gasteiger partial charge in [0.15, 0.2) is 0 Å². The topological polar surface area (TPSA) is 92.8 Å². The smallest absolute Gasteiger partial charge is 0.261 e. The quantitative estimate of drug-likeness (QED) is 0.592. The van der Waals surface area contributed by atoms with E-state index in [9.17, 15) is 16.8 Å². The highest BCUT2D eigenvalue weighted by Crippen LogP contribution is 2.28. The van der Waals surface area contributed by atoms with Gasteiger partial charge in [-0.2, -0.15) is 4.31 Å². The number of hydrogen-bond acceptors (Lipinski definition) is 5. The number of fused-ring (bicyclic) bond motifs is 1. The third kappa shape index (κ3) is 4.50. The van der Waals surface area contributed by atoms with E-state index in [-0.39, 0.29) is 16.3 Å². The van der Waals surface area contributed by atoms with E-state index < -0.39 is 20.0 Å². The molecule has 4 rings (SSSR count). The molecule has 0 saturated heterocycles. The summed E-state index contributed by atoms with van der Waals surface area (Å²) < 4.78 is 60.8. The van der Waals surface area contributed by atoms with Crippen LogP contribution in [0.25, 0.3) is 0 Å². The summed E-state index contributed by atoms with van der Waals surface area (Å²) in [6.45, 7) is 2.36. The molecule has 168 valence electrons. The Labute approximate surface area is 188 Å². The molecule has 1 N–H and O–H groups in total. The van der Waals surface area contributed by atoms with Crippen LogP contribution in [-0.4, -0.2) is 34.8 Å². The van der Waals surface area contributed by atoms with Crippen LogP contribution in [0.15, 0.2) is 76.5 Å². The zero-order valence-corrected chi connectivity index (χ0v) is 19.4. The molecular weight excluding hydrogens is 448 g/mol. The number of rotatable bonds is 6. The van der Waals surface area contributed by atoms with E-state index in [4.69, 9.17) is 4.74 Å². The van der Waals surface area contributed by atoms with Crippen LogP contribution in [0.1, 0.15) is 16.7 Å². The zero-order chi connectivity index (χ0) is 22.9. The van der Waals surface area contributed by atoms with E-state index in [0.29, 0.717) is 24.4 Å². The molecule has 0 atom stereocenters. The highest BCUT2D eigenvalue weighted by atomic mass is 32.2. The molecule has 3 aromatic rings. The normalized spacial score (nSPS) is 14.6. The monoisotopic (exact) mass is 472 g/mol. The van der Waals surface area contributed by atoms with Crippen LogP contribution in [0.4, 0.5) is 5.69 Å². The Hall–Kier alpha value is -2.88. The van der Waals surface area contributed by atoms with Gasteiger partial charge < -0.3 is 4.74 Å². The van der Waals surface area contributed by atoms with Gasteiger partial charge >= 0.3 is 0 Å². The first-order chi connectivity index (χ1) is 15.2. The maximum atomic E-state index is 13.1. The molecule has 7 nitrogen and oxygen atoms in total.